The summed E-state index contributed by atoms with van der Waals surface area (Å²) in [5.74, 6) is -0.0378. The topological polar surface area (TPSA) is 38.3 Å². The van der Waals surface area contributed by atoms with Gasteiger partial charge in [-0.1, -0.05) is 25.0 Å². The molecule has 1 aromatic carbocycles. The number of benzene rings is 1. The van der Waals surface area contributed by atoms with E-state index in [-0.39, 0.29) is 5.91 Å². The molecule has 1 rings (SSSR count). The van der Waals surface area contributed by atoms with Crippen LogP contribution in [0.5, 0.6) is 0 Å². The highest BCUT2D eigenvalue weighted by Crippen LogP contribution is 2.17. The van der Waals surface area contributed by atoms with Gasteiger partial charge < -0.3 is 10.1 Å². The molecule has 0 heterocycles. The van der Waals surface area contributed by atoms with Crippen molar-refractivity contribution in [3.05, 3.63) is 33.8 Å². The van der Waals surface area contributed by atoms with Crippen LogP contribution in [0.3, 0.4) is 0 Å². The summed E-state index contributed by atoms with van der Waals surface area (Å²) in [5, 5.41) is 2.91. The first-order valence-corrected chi connectivity index (χ1v) is 7.56. The van der Waals surface area contributed by atoms with Gasteiger partial charge in [-0.2, -0.15) is 0 Å². The SMILES string of the molecule is CCCCOCCCNC(=O)c1cc(C)ccc1Br. The van der Waals surface area contributed by atoms with Crippen LogP contribution in [-0.4, -0.2) is 25.7 Å². The summed E-state index contributed by atoms with van der Waals surface area (Å²) >= 11 is 3.40. The Balaban J connectivity index is 2.26. The number of hydrogen-bond donors (Lipinski definition) is 1. The first-order chi connectivity index (χ1) is 9.15. The number of nitrogens with one attached hydrogen (secondary N) is 1. The highest BCUT2D eigenvalue weighted by molar-refractivity contribution is 9.10. The number of carbonyl (C=O) groups is 1. The van der Waals surface area contributed by atoms with E-state index < -0.39 is 0 Å². The van der Waals surface area contributed by atoms with Crippen LogP contribution in [0.15, 0.2) is 22.7 Å². The molecule has 0 atom stereocenters. The highest BCUT2D eigenvalue weighted by Gasteiger charge is 2.09. The van der Waals surface area contributed by atoms with E-state index >= 15 is 0 Å². The molecule has 0 unspecified atom stereocenters. The van der Waals surface area contributed by atoms with Crippen molar-refractivity contribution in [1.29, 1.82) is 0 Å². The van der Waals surface area contributed by atoms with E-state index in [0.29, 0.717) is 18.7 Å². The number of hydrogen-bond acceptors (Lipinski definition) is 2. The molecule has 0 aromatic heterocycles. The van der Waals surface area contributed by atoms with Crippen molar-refractivity contribution < 1.29 is 9.53 Å². The molecule has 0 saturated carbocycles. The van der Waals surface area contributed by atoms with E-state index in [0.717, 1.165) is 35.9 Å². The molecular weight excluding hydrogens is 306 g/mol. The number of amides is 1. The van der Waals surface area contributed by atoms with E-state index in [1.165, 1.54) is 0 Å². The quantitative estimate of drug-likeness (QED) is 0.739. The number of halogens is 1. The van der Waals surface area contributed by atoms with Gasteiger partial charge in [0.25, 0.3) is 5.91 Å². The van der Waals surface area contributed by atoms with E-state index in [4.69, 9.17) is 4.74 Å². The van der Waals surface area contributed by atoms with Gasteiger partial charge in [-0.25, -0.2) is 0 Å². The Bertz CT molecular complexity index is 407. The molecule has 0 radical (unpaired) electrons. The molecular formula is C15H22BrNO2. The number of ether oxygens (including phenoxy) is 1. The Morgan fingerprint density at radius 1 is 1.32 bits per heavy atom. The molecule has 0 aliphatic rings. The predicted molar refractivity (Wildman–Crippen MR) is 81.6 cm³/mol. The van der Waals surface area contributed by atoms with Crippen molar-refractivity contribution in [1.82, 2.24) is 5.32 Å². The Hall–Kier alpha value is -0.870. The third-order valence-electron chi connectivity index (χ3n) is 2.76. The predicted octanol–water partition coefficient (Wildman–Crippen LogP) is 3.69. The molecule has 1 aromatic rings. The lowest BCUT2D eigenvalue weighted by molar-refractivity contribution is 0.0939. The van der Waals surface area contributed by atoms with Gasteiger partial charge in [0.15, 0.2) is 0 Å². The number of carbonyl (C=O) groups excluding carboxylic acids is 1. The molecule has 0 aliphatic heterocycles. The molecule has 4 heteroatoms. The third kappa shape index (κ3) is 6.21. The van der Waals surface area contributed by atoms with Crippen LogP contribution in [0.1, 0.15) is 42.1 Å². The second-order valence-electron chi connectivity index (χ2n) is 4.56. The summed E-state index contributed by atoms with van der Waals surface area (Å²) in [6, 6.07) is 5.76. The maximum absolute atomic E-state index is 12.0. The Labute approximate surface area is 123 Å². The molecule has 3 nitrogen and oxygen atoms in total. The summed E-state index contributed by atoms with van der Waals surface area (Å²) in [7, 11) is 0. The second-order valence-corrected chi connectivity index (χ2v) is 5.41. The molecule has 19 heavy (non-hydrogen) atoms. The number of rotatable bonds is 8. The van der Waals surface area contributed by atoms with Gasteiger partial charge in [-0.15, -0.1) is 0 Å². The maximum Gasteiger partial charge on any atom is 0.252 e. The number of unbranched alkanes of at least 4 members (excludes halogenated alkanes) is 1. The minimum atomic E-state index is -0.0378. The maximum atomic E-state index is 12.0. The van der Waals surface area contributed by atoms with Crippen molar-refractivity contribution in [2.45, 2.75) is 33.1 Å². The second kappa shape index (κ2) is 9.10. The molecule has 0 spiro atoms. The lowest BCUT2D eigenvalue weighted by atomic mass is 10.1. The largest absolute Gasteiger partial charge is 0.381 e. The van der Waals surface area contributed by atoms with Gasteiger partial charge in [0.2, 0.25) is 0 Å². The smallest absolute Gasteiger partial charge is 0.252 e. The zero-order chi connectivity index (χ0) is 14.1. The van der Waals surface area contributed by atoms with E-state index in [1.54, 1.807) is 0 Å². The zero-order valence-electron chi connectivity index (χ0n) is 11.7. The number of aryl methyl sites for hydroxylation is 1. The lowest BCUT2D eigenvalue weighted by Crippen LogP contribution is -2.25. The fourth-order valence-electron chi connectivity index (χ4n) is 1.63. The van der Waals surface area contributed by atoms with Gasteiger partial charge >= 0.3 is 0 Å². The van der Waals surface area contributed by atoms with Gasteiger partial charge in [0, 0.05) is 24.2 Å². The van der Waals surface area contributed by atoms with E-state index in [1.807, 2.05) is 25.1 Å². The Morgan fingerprint density at radius 2 is 2.05 bits per heavy atom. The Morgan fingerprint density at radius 3 is 2.79 bits per heavy atom. The average Bonchev–Trinajstić information content (AvgIpc) is 2.40. The van der Waals surface area contributed by atoms with Gasteiger partial charge in [-0.05, 0) is 47.8 Å². The summed E-state index contributed by atoms with van der Waals surface area (Å²) in [6.45, 7) is 6.28. The fourth-order valence-corrected chi connectivity index (χ4v) is 2.06. The molecule has 0 fully saturated rings. The van der Waals surface area contributed by atoms with Crippen LogP contribution in [0, 0.1) is 6.92 Å². The fraction of sp³-hybridized carbons (Fsp3) is 0.533. The summed E-state index contributed by atoms with van der Waals surface area (Å²) in [6.07, 6.45) is 3.10. The Kier molecular flexibility index (Phi) is 7.75. The standard InChI is InChI=1S/C15H22BrNO2/c1-3-4-9-19-10-5-8-17-15(18)13-11-12(2)6-7-14(13)16/h6-7,11H,3-5,8-10H2,1-2H3,(H,17,18). The zero-order valence-corrected chi connectivity index (χ0v) is 13.3. The summed E-state index contributed by atoms with van der Waals surface area (Å²) in [4.78, 5) is 12.0. The first kappa shape index (κ1) is 16.2. The van der Waals surface area contributed by atoms with Crippen LogP contribution >= 0.6 is 15.9 Å². The van der Waals surface area contributed by atoms with Gasteiger partial charge in [-0.3, -0.25) is 4.79 Å². The van der Waals surface area contributed by atoms with Crippen LogP contribution < -0.4 is 5.32 Å². The molecule has 0 saturated heterocycles. The van der Waals surface area contributed by atoms with Crippen molar-refractivity contribution in [3.8, 4) is 0 Å². The van der Waals surface area contributed by atoms with Crippen molar-refractivity contribution in [3.63, 3.8) is 0 Å². The molecule has 106 valence electrons. The van der Waals surface area contributed by atoms with E-state index in [2.05, 4.69) is 28.2 Å². The van der Waals surface area contributed by atoms with E-state index in [9.17, 15) is 4.79 Å². The van der Waals surface area contributed by atoms with Gasteiger partial charge in [0.1, 0.15) is 0 Å². The van der Waals surface area contributed by atoms with Crippen LogP contribution in [0.2, 0.25) is 0 Å². The van der Waals surface area contributed by atoms with Crippen molar-refractivity contribution in [2.24, 2.45) is 0 Å². The summed E-state index contributed by atoms with van der Waals surface area (Å²) < 4.78 is 6.27. The molecule has 1 N–H and O–H groups in total. The van der Waals surface area contributed by atoms with Crippen LogP contribution in [0.4, 0.5) is 0 Å². The average molecular weight is 328 g/mol. The lowest BCUT2D eigenvalue weighted by Gasteiger charge is -2.08. The van der Waals surface area contributed by atoms with Crippen molar-refractivity contribution in [2.75, 3.05) is 19.8 Å². The van der Waals surface area contributed by atoms with Crippen LogP contribution in [0.25, 0.3) is 0 Å². The summed E-state index contributed by atoms with van der Waals surface area (Å²) in [5.41, 5.74) is 1.77. The minimum Gasteiger partial charge on any atom is -0.381 e. The molecule has 0 bridgehead atoms. The monoisotopic (exact) mass is 327 g/mol. The minimum absolute atomic E-state index is 0.0378. The van der Waals surface area contributed by atoms with Crippen molar-refractivity contribution >= 4 is 21.8 Å². The third-order valence-corrected chi connectivity index (χ3v) is 3.45. The van der Waals surface area contributed by atoms with Gasteiger partial charge in [0.05, 0.1) is 5.56 Å². The molecule has 1 amide bonds. The highest BCUT2D eigenvalue weighted by atomic mass is 79.9. The first-order valence-electron chi connectivity index (χ1n) is 6.77. The normalized spacial score (nSPS) is 10.5. The molecule has 0 aliphatic carbocycles. The van der Waals surface area contributed by atoms with Crippen LogP contribution in [-0.2, 0) is 4.74 Å².